The molecule has 0 aromatic heterocycles. The van der Waals surface area contributed by atoms with Gasteiger partial charge in [-0.2, -0.15) is 0 Å². The van der Waals surface area contributed by atoms with E-state index in [4.69, 9.17) is 0 Å². The Balaban J connectivity index is 1.98. The Morgan fingerprint density at radius 2 is 1.94 bits per heavy atom. The summed E-state index contributed by atoms with van der Waals surface area (Å²) >= 11 is 3.46. The second kappa shape index (κ2) is 6.20. The van der Waals surface area contributed by atoms with Gasteiger partial charge < -0.3 is 5.32 Å². The molecule has 0 amide bonds. The number of amidine groups is 1. The van der Waals surface area contributed by atoms with Crippen LogP contribution in [0.2, 0.25) is 0 Å². The molecular weight excluding hydrogens is 276 g/mol. The van der Waals surface area contributed by atoms with Gasteiger partial charge in [0.15, 0.2) is 0 Å². The first-order chi connectivity index (χ1) is 8.25. The smallest absolute Gasteiger partial charge is 0.0967 e. The average molecular weight is 295 g/mol. The summed E-state index contributed by atoms with van der Waals surface area (Å²) in [5.74, 6) is 1.18. The van der Waals surface area contributed by atoms with Crippen LogP contribution in [0.5, 0.6) is 0 Å². The summed E-state index contributed by atoms with van der Waals surface area (Å²) in [6.07, 6.45) is 4.90. The molecule has 17 heavy (non-hydrogen) atoms. The monoisotopic (exact) mass is 294 g/mol. The van der Waals surface area contributed by atoms with Gasteiger partial charge in [0.05, 0.1) is 5.84 Å². The fraction of sp³-hybridized carbons (Fsp3) is 0.500. The largest absolute Gasteiger partial charge is 0.367 e. The van der Waals surface area contributed by atoms with Crippen LogP contribution in [-0.2, 0) is 0 Å². The van der Waals surface area contributed by atoms with Crippen LogP contribution in [0.4, 0.5) is 0 Å². The molecule has 0 spiro atoms. The van der Waals surface area contributed by atoms with Gasteiger partial charge in [0.25, 0.3) is 0 Å². The first-order valence-electron chi connectivity index (χ1n) is 6.31. The minimum atomic E-state index is 0.333. The van der Waals surface area contributed by atoms with Gasteiger partial charge in [-0.3, -0.25) is 4.99 Å². The molecule has 1 aromatic carbocycles. The van der Waals surface area contributed by atoms with E-state index in [0.717, 1.165) is 17.4 Å². The topological polar surface area (TPSA) is 24.4 Å². The molecule has 0 fully saturated rings. The lowest BCUT2D eigenvalue weighted by atomic mass is 10.1. The quantitative estimate of drug-likeness (QED) is 0.873. The molecule has 0 saturated heterocycles. The van der Waals surface area contributed by atoms with Gasteiger partial charge in [-0.05, 0) is 37.5 Å². The van der Waals surface area contributed by atoms with E-state index in [1.54, 1.807) is 0 Å². The van der Waals surface area contributed by atoms with Crippen LogP contribution in [0.25, 0.3) is 0 Å². The molecule has 1 aliphatic heterocycles. The Hall–Kier alpha value is -0.830. The van der Waals surface area contributed by atoms with E-state index in [-0.39, 0.29) is 0 Å². The molecule has 92 valence electrons. The van der Waals surface area contributed by atoms with Gasteiger partial charge in [-0.1, -0.05) is 34.5 Å². The summed E-state index contributed by atoms with van der Waals surface area (Å²) < 4.78 is 1.13. The van der Waals surface area contributed by atoms with Crippen molar-refractivity contribution in [2.24, 2.45) is 4.99 Å². The van der Waals surface area contributed by atoms with Crippen molar-refractivity contribution in [3.63, 3.8) is 0 Å². The summed E-state index contributed by atoms with van der Waals surface area (Å²) in [5.41, 5.74) is 1.31. The summed E-state index contributed by atoms with van der Waals surface area (Å²) in [6.45, 7) is 3.17. The summed E-state index contributed by atoms with van der Waals surface area (Å²) in [6, 6.07) is 8.81. The van der Waals surface area contributed by atoms with Crippen LogP contribution in [0.1, 0.15) is 44.2 Å². The second-order valence-electron chi connectivity index (χ2n) is 4.56. The van der Waals surface area contributed by atoms with E-state index in [0.29, 0.717) is 6.04 Å². The van der Waals surface area contributed by atoms with Gasteiger partial charge in [-0.25, -0.2) is 0 Å². The summed E-state index contributed by atoms with van der Waals surface area (Å²) in [5, 5.41) is 3.53. The number of hydrogen-bond acceptors (Lipinski definition) is 2. The maximum Gasteiger partial charge on any atom is 0.0967 e. The third-order valence-corrected chi connectivity index (χ3v) is 3.66. The van der Waals surface area contributed by atoms with E-state index < -0.39 is 0 Å². The van der Waals surface area contributed by atoms with Crippen molar-refractivity contribution in [3.05, 3.63) is 34.3 Å². The molecule has 1 aliphatic rings. The molecule has 0 radical (unpaired) electrons. The van der Waals surface area contributed by atoms with Crippen LogP contribution < -0.4 is 5.32 Å². The number of nitrogens with one attached hydrogen (secondary N) is 1. The van der Waals surface area contributed by atoms with Crippen LogP contribution in [0, 0.1) is 0 Å². The van der Waals surface area contributed by atoms with E-state index in [1.165, 1.54) is 30.7 Å². The van der Waals surface area contributed by atoms with Crippen LogP contribution in [0.15, 0.2) is 33.7 Å². The molecular formula is C14H19BrN2. The molecule has 0 unspecified atom stereocenters. The third kappa shape index (κ3) is 3.84. The van der Waals surface area contributed by atoms with Gasteiger partial charge in [0, 0.05) is 23.5 Å². The van der Waals surface area contributed by atoms with E-state index >= 15 is 0 Å². The van der Waals surface area contributed by atoms with Crippen molar-refractivity contribution in [3.8, 4) is 0 Å². The number of hydrogen-bond donors (Lipinski definition) is 1. The summed E-state index contributed by atoms with van der Waals surface area (Å²) in [7, 11) is 0. The van der Waals surface area contributed by atoms with Crippen LogP contribution in [0.3, 0.4) is 0 Å². The molecule has 1 atom stereocenters. The van der Waals surface area contributed by atoms with E-state index in [2.05, 4.69) is 57.4 Å². The lowest BCUT2D eigenvalue weighted by molar-refractivity contribution is 0.693. The zero-order valence-electron chi connectivity index (χ0n) is 10.2. The first kappa shape index (κ1) is 12.6. The zero-order valence-corrected chi connectivity index (χ0v) is 11.8. The normalized spacial score (nSPS) is 18.1. The van der Waals surface area contributed by atoms with E-state index in [1.807, 2.05) is 0 Å². The number of aliphatic imine (C=N–C) groups is 1. The Kier molecular flexibility index (Phi) is 4.60. The van der Waals surface area contributed by atoms with Gasteiger partial charge in [0.2, 0.25) is 0 Å². The lowest BCUT2D eigenvalue weighted by Crippen LogP contribution is -2.26. The van der Waals surface area contributed by atoms with E-state index in [9.17, 15) is 0 Å². The summed E-state index contributed by atoms with van der Waals surface area (Å²) in [4.78, 5) is 4.60. The number of rotatable bonds is 2. The zero-order chi connectivity index (χ0) is 12.1. The molecule has 1 heterocycles. The van der Waals surface area contributed by atoms with Gasteiger partial charge in [0.1, 0.15) is 0 Å². The first-order valence-corrected chi connectivity index (χ1v) is 7.10. The molecule has 0 bridgehead atoms. The highest BCUT2D eigenvalue weighted by molar-refractivity contribution is 9.10. The number of halogens is 1. The highest BCUT2D eigenvalue weighted by Crippen LogP contribution is 2.17. The molecule has 2 nitrogen and oxygen atoms in total. The molecule has 0 aliphatic carbocycles. The van der Waals surface area contributed by atoms with Gasteiger partial charge in [-0.15, -0.1) is 0 Å². The van der Waals surface area contributed by atoms with Crippen molar-refractivity contribution in [1.29, 1.82) is 0 Å². The van der Waals surface area contributed by atoms with Crippen molar-refractivity contribution in [2.45, 2.75) is 38.6 Å². The fourth-order valence-electron chi connectivity index (χ4n) is 2.08. The predicted molar refractivity (Wildman–Crippen MR) is 76.5 cm³/mol. The molecule has 1 aromatic rings. The predicted octanol–water partition coefficient (Wildman–Crippen LogP) is 4.07. The molecule has 2 rings (SSSR count). The minimum absolute atomic E-state index is 0.333. The number of nitrogens with zero attached hydrogens (tertiary/aromatic N) is 1. The van der Waals surface area contributed by atoms with Crippen molar-refractivity contribution in [1.82, 2.24) is 5.32 Å². The highest BCUT2D eigenvalue weighted by atomic mass is 79.9. The minimum Gasteiger partial charge on any atom is -0.367 e. The Morgan fingerprint density at radius 3 is 2.71 bits per heavy atom. The number of benzene rings is 1. The van der Waals surface area contributed by atoms with Crippen molar-refractivity contribution in [2.75, 3.05) is 6.54 Å². The second-order valence-corrected chi connectivity index (χ2v) is 5.47. The van der Waals surface area contributed by atoms with Gasteiger partial charge >= 0.3 is 0 Å². The molecule has 1 N–H and O–H groups in total. The maximum absolute atomic E-state index is 4.60. The van der Waals surface area contributed by atoms with Crippen LogP contribution in [-0.4, -0.2) is 12.4 Å². The average Bonchev–Trinajstić information content (AvgIpc) is 2.58. The molecule has 0 saturated carbocycles. The SMILES string of the molecule is C[C@@H](NC1=NCCCCC1)c1ccc(Br)cc1. The third-order valence-electron chi connectivity index (χ3n) is 3.13. The fourth-order valence-corrected chi connectivity index (χ4v) is 2.34. The molecule has 3 heteroatoms. The Bertz CT molecular complexity index is 384. The van der Waals surface area contributed by atoms with Crippen molar-refractivity contribution < 1.29 is 0 Å². The maximum atomic E-state index is 4.60. The Labute approximate surface area is 112 Å². The standard InChI is InChI=1S/C14H19BrN2/c1-11(12-6-8-13(15)9-7-12)17-14-5-3-2-4-10-16-14/h6-9,11H,2-5,10H2,1H3,(H,16,17)/t11-/m1/s1. The van der Waals surface area contributed by atoms with Crippen LogP contribution >= 0.6 is 15.9 Å². The highest BCUT2D eigenvalue weighted by Gasteiger charge is 2.09. The van der Waals surface area contributed by atoms with Crippen molar-refractivity contribution >= 4 is 21.8 Å². The Morgan fingerprint density at radius 1 is 1.18 bits per heavy atom. The lowest BCUT2D eigenvalue weighted by Gasteiger charge is -2.17.